The van der Waals surface area contributed by atoms with Gasteiger partial charge in [-0.25, -0.2) is 0 Å². The van der Waals surface area contributed by atoms with Gasteiger partial charge >= 0.3 is 186 Å². The van der Waals surface area contributed by atoms with E-state index in [0.717, 1.165) is 18.1 Å². The molecule has 0 N–H and O–H groups in total. The van der Waals surface area contributed by atoms with E-state index < -0.39 is 20.7 Å². The molecule has 2 heteroatoms. The summed E-state index contributed by atoms with van der Waals surface area (Å²) in [5, 5.41) is 0. The van der Waals surface area contributed by atoms with Crippen LogP contribution in [0.3, 0.4) is 0 Å². The van der Waals surface area contributed by atoms with Crippen LogP contribution in [0.5, 0.6) is 5.75 Å². The number of aryl methyl sites for hydroxylation is 1. The maximum absolute atomic E-state index is 7.08. The zero-order chi connectivity index (χ0) is 20.7. The van der Waals surface area contributed by atoms with E-state index >= 15 is 0 Å². The third-order valence-electron chi connectivity index (χ3n) is 5.46. The Labute approximate surface area is 185 Å². The summed E-state index contributed by atoms with van der Waals surface area (Å²) in [5.41, 5.74) is 5.41. The average molecular weight is 472 g/mol. The van der Waals surface area contributed by atoms with Gasteiger partial charge in [-0.15, -0.1) is 0 Å². The molecule has 0 atom stereocenters. The van der Waals surface area contributed by atoms with E-state index in [4.69, 9.17) is 2.81 Å². The van der Waals surface area contributed by atoms with E-state index in [-0.39, 0.29) is 0 Å². The fraction of sp³-hybridized carbons (Fsp3) is 0.143. The Kier molecular flexibility index (Phi) is 6.97. The number of benzene rings is 4. The fourth-order valence-corrected chi connectivity index (χ4v) is 14.3. The summed E-state index contributed by atoms with van der Waals surface area (Å²) in [6.45, 7) is 2.12. The molecule has 0 spiro atoms. The Hall–Kier alpha value is -2.44. The van der Waals surface area contributed by atoms with Crippen LogP contribution < -0.4 is 2.81 Å². The molecule has 0 saturated heterocycles. The first kappa shape index (κ1) is 20.8. The van der Waals surface area contributed by atoms with Crippen molar-refractivity contribution in [1.29, 1.82) is 0 Å². The first-order chi connectivity index (χ1) is 14.7. The van der Waals surface area contributed by atoms with Gasteiger partial charge in [-0.1, -0.05) is 0 Å². The Bertz CT molecular complexity index is 927. The zero-order valence-corrected chi connectivity index (χ0v) is 20.0. The van der Waals surface area contributed by atoms with Crippen molar-refractivity contribution < 1.29 is 23.5 Å². The Morgan fingerprint density at radius 2 is 0.867 bits per heavy atom. The van der Waals surface area contributed by atoms with Crippen LogP contribution in [-0.4, -0.2) is 0 Å². The van der Waals surface area contributed by atoms with Gasteiger partial charge < -0.3 is 0 Å². The quantitative estimate of drug-likeness (QED) is 0.268. The average Bonchev–Trinajstić information content (AvgIpc) is 2.77. The third-order valence-corrected chi connectivity index (χ3v) is 14.9. The van der Waals surface area contributed by atoms with E-state index in [1.54, 1.807) is 0 Å². The molecule has 150 valence electrons. The Balaban J connectivity index is 1.75. The van der Waals surface area contributed by atoms with Gasteiger partial charge in [0.2, 0.25) is 0 Å². The van der Waals surface area contributed by atoms with Crippen molar-refractivity contribution in [3.05, 3.63) is 138 Å². The zero-order valence-electron chi connectivity index (χ0n) is 17.5. The van der Waals surface area contributed by atoms with Gasteiger partial charge in [0.25, 0.3) is 0 Å². The second-order valence-corrected chi connectivity index (χ2v) is 17.0. The second kappa shape index (κ2) is 10.0. The van der Waals surface area contributed by atoms with Crippen molar-refractivity contribution in [2.45, 2.75) is 19.3 Å². The number of rotatable bonds is 8. The molecule has 0 aliphatic heterocycles. The van der Waals surface area contributed by atoms with Gasteiger partial charge in [0.15, 0.2) is 0 Å². The predicted molar refractivity (Wildman–Crippen MR) is 122 cm³/mol. The molecule has 0 aromatic heterocycles. The van der Waals surface area contributed by atoms with Crippen LogP contribution >= 0.6 is 0 Å². The van der Waals surface area contributed by atoms with Gasteiger partial charge in [0.1, 0.15) is 0 Å². The molecule has 0 heterocycles. The molecule has 4 aromatic carbocycles. The molecule has 0 bridgehead atoms. The second-order valence-electron chi connectivity index (χ2n) is 8.09. The molecule has 30 heavy (non-hydrogen) atoms. The summed E-state index contributed by atoms with van der Waals surface area (Å²) in [7, 11) is 0. The molecule has 0 saturated carbocycles. The maximum atomic E-state index is 7.08. The first-order valence-electron chi connectivity index (χ1n) is 10.6. The Morgan fingerprint density at radius 3 is 1.23 bits per heavy atom. The Morgan fingerprint density at radius 1 is 0.500 bits per heavy atom. The monoisotopic (exact) mass is 470 g/mol. The number of hydrogen-bond acceptors (Lipinski definition) is 1. The van der Waals surface area contributed by atoms with E-state index in [2.05, 4.69) is 122 Å². The molecule has 0 aliphatic carbocycles. The summed E-state index contributed by atoms with van der Waals surface area (Å²) in [6, 6.07) is 41.2. The molecule has 4 aromatic rings. The molecule has 4 rings (SSSR count). The predicted octanol–water partition coefficient (Wildman–Crippen LogP) is 7.04. The van der Waals surface area contributed by atoms with E-state index in [0.29, 0.717) is 0 Å². The van der Waals surface area contributed by atoms with Gasteiger partial charge in [0.05, 0.1) is 0 Å². The molecular weight excluding hydrogens is 444 g/mol. The van der Waals surface area contributed by atoms with Crippen molar-refractivity contribution in [2.75, 3.05) is 0 Å². The third kappa shape index (κ3) is 5.80. The van der Waals surface area contributed by atoms with Crippen molar-refractivity contribution >= 4 is 0 Å². The van der Waals surface area contributed by atoms with Gasteiger partial charge in [-0.3, -0.25) is 0 Å². The molecule has 0 unspecified atom stereocenters. The van der Waals surface area contributed by atoms with E-state index in [9.17, 15) is 0 Å². The molecule has 0 fully saturated rings. The van der Waals surface area contributed by atoms with Crippen LogP contribution in [0.1, 0.15) is 22.3 Å². The minimum atomic E-state index is -3.24. The van der Waals surface area contributed by atoms with Crippen LogP contribution in [0.4, 0.5) is 0 Å². The molecule has 0 amide bonds. The van der Waals surface area contributed by atoms with Gasteiger partial charge in [-0.2, -0.15) is 0 Å². The summed E-state index contributed by atoms with van der Waals surface area (Å²) in [5.74, 6) is 1.01. The topological polar surface area (TPSA) is 9.23 Å². The molecule has 0 radical (unpaired) electrons. The van der Waals surface area contributed by atoms with Gasteiger partial charge in [-0.05, 0) is 0 Å². The first-order valence-corrected chi connectivity index (χ1v) is 16.8. The number of hydrogen-bond donors (Lipinski definition) is 0. The molecule has 0 aliphatic rings. The molecular formula is C28H28OZr. The summed E-state index contributed by atoms with van der Waals surface area (Å²) in [4.78, 5) is 0. The van der Waals surface area contributed by atoms with Crippen molar-refractivity contribution in [2.24, 2.45) is 0 Å². The van der Waals surface area contributed by atoms with Crippen molar-refractivity contribution in [1.82, 2.24) is 0 Å². The molecule has 1 nitrogen and oxygen atoms in total. The van der Waals surface area contributed by atoms with Crippen LogP contribution in [0, 0.1) is 6.92 Å². The van der Waals surface area contributed by atoms with Crippen molar-refractivity contribution in [3.8, 4) is 5.75 Å². The van der Waals surface area contributed by atoms with Crippen LogP contribution in [0.25, 0.3) is 0 Å². The summed E-state index contributed by atoms with van der Waals surface area (Å²) >= 11 is -3.24. The standard InChI is InChI=1S/C7H8O.3C7H7.Zr/c1-6-2-4-7(8)5-3-6;3*1-7-5-3-2-4-6-7;/h2-5,8H,1H3;3*2-6H,1H2;/q;;;;+1/p-1. The SMILES string of the molecule is Cc1ccc([O][Zr]([CH2]c2ccccc2)([CH2]c2ccccc2)[CH2]c2ccccc2)cc1. The van der Waals surface area contributed by atoms with Crippen LogP contribution in [0.15, 0.2) is 115 Å². The fourth-order valence-electron chi connectivity index (χ4n) is 4.06. The van der Waals surface area contributed by atoms with E-state index in [1.807, 2.05) is 0 Å². The van der Waals surface area contributed by atoms with Crippen LogP contribution in [-0.2, 0) is 33.1 Å². The van der Waals surface area contributed by atoms with Gasteiger partial charge in [0, 0.05) is 0 Å². The summed E-state index contributed by atoms with van der Waals surface area (Å²) in [6.07, 6.45) is 0. The summed E-state index contributed by atoms with van der Waals surface area (Å²) < 4.78 is 10.2. The normalized spacial score (nSPS) is 11.2. The van der Waals surface area contributed by atoms with Crippen molar-refractivity contribution in [3.63, 3.8) is 0 Å². The van der Waals surface area contributed by atoms with Crippen LogP contribution in [0.2, 0.25) is 0 Å². The minimum absolute atomic E-state index is 1.01. The van der Waals surface area contributed by atoms with E-state index in [1.165, 1.54) is 22.3 Å².